The molecule has 2 N–H and O–H groups in total. The van der Waals surface area contributed by atoms with Crippen molar-refractivity contribution in [2.75, 3.05) is 11.9 Å². The number of anilines is 1. The summed E-state index contributed by atoms with van der Waals surface area (Å²) in [5.41, 5.74) is 1.92. The molecule has 1 aromatic heterocycles. The van der Waals surface area contributed by atoms with E-state index in [1.165, 1.54) is 5.56 Å². The summed E-state index contributed by atoms with van der Waals surface area (Å²) in [4.78, 5) is 11.8. The van der Waals surface area contributed by atoms with Crippen molar-refractivity contribution < 1.29 is 4.79 Å². The first-order valence-electron chi connectivity index (χ1n) is 7.23. The first-order chi connectivity index (χ1) is 10.1. The lowest BCUT2D eigenvalue weighted by atomic mass is 10.2. The lowest BCUT2D eigenvalue weighted by Gasteiger charge is -2.07. The molecule has 1 aromatic carbocycles. The van der Waals surface area contributed by atoms with E-state index in [0.717, 1.165) is 5.69 Å². The lowest BCUT2D eigenvalue weighted by Crippen LogP contribution is -2.27. The van der Waals surface area contributed by atoms with Crippen LogP contribution in [0.4, 0.5) is 5.69 Å². The van der Waals surface area contributed by atoms with E-state index >= 15 is 0 Å². The molecule has 0 atom stereocenters. The maximum atomic E-state index is 11.8. The summed E-state index contributed by atoms with van der Waals surface area (Å²) in [6.07, 6.45) is 3.99. The second-order valence-electron chi connectivity index (χ2n) is 5.32. The third-order valence-corrected chi connectivity index (χ3v) is 3.01. The van der Waals surface area contributed by atoms with Gasteiger partial charge in [-0.25, -0.2) is 0 Å². The molecule has 0 unspecified atom stereocenters. The number of carbonyl (C=O) groups is 1. The largest absolute Gasteiger partial charge is 0.323 e. The number of nitrogens with one attached hydrogen (secondary N) is 2. The monoisotopic (exact) mass is 286 g/mol. The van der Waals surface area contributed by atoms with Crippen LogP contribution >= 0.6 is 0 Å². The lowest BCUT2D eigenvalue weighted by molar-refractivity contribution is -0.116. The first-order valence-corrected chi connectivity index (χ1v) is 7.23. The van der Waals surface area contributed by atoms with Crippen molar-refractivity contribution in [3.63, 3.8) is 0 Å². The predicted octanol–water partition coefficient (Wildman–Crippen LogP) is 2.26. The van der Waals surface area contributed by atoms with Crippen LogP contribution in [-0.4, -0.2) is 28.3 Å². The van der Waals surface area contributed by atoms with E-state index in [2.05, 4.69) is 41.7 Å². The zero-order valence-corrected chi connectivity index (χ0v) is 12.5. The number of hydrogen-bond donors (Lipinski definition) is 2. The normalized spacial score (nSPS) is 10.8. The van der Waals surface area contributed by atoms with Crippen LogP contribution in [0, 0.1) is 0 Å². The Kier molecular flexibility index (Phi) is 5.51. The minimum atomic E-state index is 0.00223. The highest BCUT2D eigenvalue weighted by molar-refractivity contribution is 5.90. The van der Waals surface area contributed by atoms with E-state index in [1.807, 2.05) is 29.1 Å². The van der Waals surface area contributed by atoms with Gasteiger partial charge in [0.15, 0.2) is 0 Å². The molecule has 0 spiro atoms. The zero-order chi connectivity index (χ0) is 15.1. The molecule has 0 saturated carbocycles. The Morgan fingerprint density at radius 3 is 2.76 bits per heavy atom. The number of hydrogen-bond acceptors (Lipinski definition) is 3. The maximum Gasteiger partial charge on any atom is 0.225 e. The Balaban J connectivity index is 1.81. The summed E-state index contributed by atoms with van der Waals surface area (Å²) in [7, 11) is 0. The minimum Gasteiger partial charge on any atom is -0.323 e. The van der Waals surface area contributed by atoms with Gasteiger partial charge in [-0.2, -0.15) is 5.10 Å². The standard InChI is InChI=1S/C16H22N4O/c1-13(2)17-9-8-16(21)19-15-10-18-20(12-15)11-14-6-4-3-5-7-14/h3-7,10,12-13,17H,8-9,11H2,1-2H3,(H,19,21). The molecule has 0 saturated heterocycles. The third kappa shape index (κ3) is 5.39. The summed E-state index contributed by atoms with van der Waals surface area (Å²) < 4.78 is 1.82. The van der Waals surface area contributed by atoms with Crippen molar-refractivity contribution in [2.45, 2.75) is 32.9 Å². The molecule has 1 heterocycles. The highest BCUT2D eigenvalue weighted by Gasteiger charge is 2.05. The minimum absolute atomic E-state index is 0.00223. The number of amides is 1. The molecule has 0 fully saturated rings. The molecule has 2 aromatic rings. The van der Waals surface area contributed by atoms with Gasteiger partial charge in [-0.1, -0.05) is 44.2 Å². The fourth-order valence-corrected chi connectivity index (χ4v) is 1.98. The Hall–Kier alpha value is -2.14. The average molecular weight is 286 g/mol. The molecule has 0 aliphatic rings. The van der Waals surface area contributed by atoms with Crippen molar-refractivity contribution in [1.29, 1.82) is 0 Å². The highest BCUT2D eigenvalue weighted by Crippen LogP contribution is 2.08. The van der Waals surface area contributed by atoms with Gasteiger partial charge in [0, 0.05) is 25.2 Å². The molecular formula is C16H22N4O. The van der Waals surface area contributed by atoms with Crippen LogP contribution in [-0.2, 0) is 11.3 Å². The number of nitrogens with zero attached hydrogens (tertiary/aromatic N) is 2. The molecule has 21 heavy (non-hydrogen) atoms. The van der Waals surface area contributed by atoms with Gasteiger partial charge < -0.3 is 10.6 Å². The molecular weight excluding hydrogens is 264 g/mol. The Bertz CT molecular complexity index is 563. The van der Waals surface area contributed by atoms with Gasteiger partial charge in [0.1, 0.15) is 0 Å². The van der Waals surface area contributed by atoms with E-state index in [9.17, 15) is 4.79 Å². The van der Waals surface area contributed by atoms with Gasteiger partial charge in [0.05, 0.1) is 18.4 Å². The maximum absolute atomic E-state index is 11.8. The third-order valence-electron chi connectivity index (χ3n) is 3.01. The van der Waals surface area contributed by atoms with Crippen molar-refractivity contribution >= 4 is 11.6 Å². The molecule has 0 bridgehead atoms. The van der Waals surface area contributed by atoms with E-state index < -0.39 is 0 Å². The molecule has 2 rings (SSSR count). The summed E-state index contributed by atoms with van der Waals surface area (Å²) in [6.45, 7) is 5.50. The predicted molar refractivity (Wildman–Crippen MR) is 84.2 cm³/mol. The molecule has 0 radical (unpaired) electrons. The summed E-state index contributed by atoms with van der Waals surface area (Å²) in [5, 5.41) is 10.3. The molecule has 112 valence electrons. The first kappa shape index (κ1) is 15.3. The summed E-state index contributed by atoms with van der Waals surface area (Å²) >= 11 is 0. The van der Waals surface area contributed by atoms with Crippen molar-refractivity contribution in [2.24, 2.45) is 0 Å². The van der Waals surface area contributed by atoms with E-state index in [1.54, 1.807) is 6.20 Å². The van der Waals surface area contributed by atoms with Crippen LogP contribution in [0.25, 0.3) is 0 Å². The molecule has 0 aliphatic carbocycles. The van der Waals surface area contributed by atoms with E-state index in [-0.39, 0.29) is 5.91 Å². The fourth-order valence-electron chi connectivity index (χ4n) is 1.98. The number of carbonyl (C=O) groups excluding carboxylic acids is 1. The van der Waals surface area contributed by atoms with Gasteiger partial charge in [-0.3, -0.25) is 9.48 Å². The quantitative estimate of drug-likeness (QED) is 0.821. The van der Waals surface area contributed by atoms with Gasteiger partial charge in [0.25, 0.3) is 0 Å². The van der Waals surface area contributed by atoms with Crippen LogP contribution in [0.2, 0.25) is 0 Å². The fraction of sp³-hybridized carbons (Fsp3) is 0.375. The second-order valence-corrected chi connectivity index (χ2v) is 5.32. The van der Waals surface area contributed by atoms with Crippen LogP contribution in [0.5, 0.6) is 0 Å². The number of rotatable bonds is 7. The van der Waals surface area contributed by atoms with Crippen molar-refractivity contribution in [3.8, 4) is 0 Å². The van der Waals surface area contributed by atoms with Gasteiger partial charge in [-0.05, 0) is 5.56 Å². The number of benzene rings is 1. The SMILES string of the molecule is CC(C)NCCC(=O)Nc1cnn(Cc2ccccc2)c1. The average Bonchev–Trinajstić information content (AvgIpc) is 2.86. The second kappa shape index (κ2) is 7.59. The Morgan fingerprint density at radius 2 is 2.05 bits per heavy atom. The molecule has 0 aliphatic heterocycles. The van der Waals surface area contributed by atoms with E-state index in [0.29, 0.717) is 25.6 Å². The van der Waals surface area contributed by atoms with Crippen LogP contribution in [0.3, 0.4) is 0 Å². The summed E-state index contributed by atoms with van der Waals surface area (Å²) in [6, 6.07) is 10.5. The topological polar surface area (TPSA) is 59.0 Å². The van der Waals surface area contributed by atoms with E-state index in [4.69, 9.17) is 0 Å². The van der Waals surface area contributed by atoms with Crippen LogP contribution < -0.4 is 10.6 Å². The number of aromatic nitrogens is 2. The van der Waals surface area contributed by atoms with Crippen molar-refractivity contribution in [1.82, 2.24) is 15.1 Å². The highest BCUT2D eigenvalue weighted by atomic mass is 16.1. The molecule has 1 amide bonds. The Labute approximate surface area is 125 Å². The summed E-state index contributed by atoms with van der Waals surface area (Å²) in [5.74, 6) is 0.00223. The van der Waals surface area contributed by atoms with Gasteiger partial charge >= 0.3 is 0 Å². The van der Waals surface area contributed by atoms with Crippen molar-refractivity contribution in [3.05, 3.63) is 48.3 Å². The van der Waals surface area contributed by atoms with Gasteiger partial charge in [-0.15, -0.1) is 0 Å². The zero-order valence-electron chi connectivity index (χ0n) is 12.5. The van der Waals surface area contributed by atoms with Crippen LogP contribution in [0.15, 0.2) is 42.7 Å². The Morgan fingerprint density at radius 1 is 1.29 bits per heavy atom. The molecule has 5 heteroatoms. The van der Waals surface area contributed by atoms with Crippen LogP contribution in [0.1, 0.15) is 25.8 Å². The molecule has 5 nitrogen and oxygen atoms in total. The smallest absolute Gasteiger partial charge is 0.225 e. The van der Waals surface area contributed by atoms with Gasteiger partial charge in [0.2, 0.25) is 5.91 Å².